The largest absolute Gasteiger partial charge is 0.496 e. The van der Waals surface area contributed by atoms with Crippen LogP contribution in [-0.2, 0) is 27.9 Å². The maximum atomic E-state index is 15.7. The molecule has 0 bridgehead atoms. The number of piperidine rings is 2. The summed E-state index contributed by atoms with van der Waals surface area (Å²) in [6, 6.07) is 10.7. The topological polar surface area (TPSA) is 154 Å². The molecule has 3 aliphatic heterocycles. The zero-order valence-electron chi connectivity index (χ0n) is 28.6. The van der Waals surface area contributed by atoms with Gasteiger partial charge in [0.2, 0.25) is 11.8 Å². The maximum Gasteiger partial charge on any atom is 0.410 e. The van der Waals surface area contributed by atoms with Crippen molar-refractivity contribution in [2.75, 3.05) is 56.6 Å². The molecule has 3 N–H and O–H groups in total. The quantitative estimate of drug-likeness (QED) is 0.234. The second-order valence-electron chi connectivity index (χ2n) is 13.3. The van der Waals surface area contributed by atoms with E-state index in [4.69, 9.17) is 9.47 Å². The number of ether oxygens (including phenoxy) is 2. The molecule has 4 aromatic rings. The second-order valence-corrected chi connectivity index (χ2v) is 13.3. The summed E-state index contributed by atoms with van der Waals surface area (Å²) in [5, 5.41) is 12.9. The van der Waals surface area contributed by atoms with Gasteiger partial charge in [-0.25, -0.2) is 9.18 Å². The van der Waals surface area contributed by atoms with Crippen molar-refractivity contribution in [2.45, 2.75) is 44.4 Å². The molecule has 1 atom stereocenters. The number of nitrogens with one attached hydrogen (secondary N) is 3. The number of anilines is 2. The molecule has 0 spiro atoms. The molecule has 3 amide bonds. The average molecular weight is 701 g/mol. The molecule has 1 unspecified atom stereocenters. The van der Waals surface area contributed by atoms with E-state index in [2.05, 4.69) is 30.6 Å². The SMILES string of the molecule is COc1cc(-c2cn(C)c(=O)c3[nH]ncc23)cc(F)c1CN1CCN(C(=O)OC2CCN(c3ccc(NC4CCC(=O)NC4=O)cc3)CC2)CC1. The summed E-state index contributed by atoms with van der Waals surface area (Å²) >= 11 is 0. The monoisotopic (exact) mass is 700 g/mol. The summed E-state index contributed by atoms with van der Waals surface area (Å²) in [6.45, 7) is 3.86. The highest BCUT2D eigenvalue weighted by molar-refractivity contribution is 6.01. The predicted octanol–water partition coefficient (Wildman–Crippen LogP) is 3.22. The van der Waals surface area contributed by atoms with Gasteiger partial charge in [-0.05, 0) is 48.4 Å². The van der Waals surface area contributed by atoms with Crippen LogP contribution in [-0.4, -0.2) is 101 Å². The zero-order valence-corrected chi connectivity index (χ0v) is 28.6. The third-order valence-corrected chi connectivity index (χ3v) is 10.0. The van der Waals surface area contributed by atoms with Gasteiger partial charge < -0.3 is 29.2 Å². The Bertz CT molecular complexity index is 2000. The van der Waals surface area contributed by atoms with Crippen LogP contribution in [0.1, 0.15) is 31.2 Å². The Balaban J connectivity index is 0.886. The summed E-state index contributed by atoms with van der Waals surface area (Å²) < 4.78 is 28.6. The number of H-pyrrole nitrogens is 1. The van der Waals surface area contributed by atoms with Crippen LogP contribution in [0, 0.1) is 5.82 Å². The molecule has 2 aromatic carbocycles. The van der Waals surface area contributed by atoms with Crippen molar-refractivity contribution in [3.8, 4) is 16.9 Å². The molecule has 0 aliphatic carbocycles. The number of hydrogen-bond donors (Lipinski definition) is 3. The molecular weight excluding hydrogens is 659 g/mol. The first-order valence-electron chi connectivity index (χ1n) is 17.2. The number of aromatic amines is 1. The second kappa shape index (κ2) is 14.4. The van der Waals surface area contributed by atoms with E-state index in [1.54, 1.807) is 30.4 Å². The summed E-state index contributed by atoms with van der Waals surface area (Å²) in [4.78, 5) is 55.1. The lowest BCUT2D eigenvalue weighted by Gasteiger charge is -2.37. The third kappa shape index (κ3) is 7.24. The Morgan fingerprint density at radius 2 is 1.76 bits per heavy atom. The Morgan fingerprint density at radius 1 is 1.02 bits per heavy atom. The van der Waals surface area contributed by atoms with Crippen LogP contribution in [0.4, 0.5) is 20.6 Å². The van der Waals surface area contributed by atoms with Crippen LogP contribution in [0.15, 0.2) is 53.6 Å². The van der Waals surface area contributed by atoms with Crippen molar-refractivity contribution in [1.29, 1.82) is 0 Å². The first-order chi connectivity index (χ1) is 24.7. The lowest BCUT2D eigenvalue weighted by molar-refractivity contribution is -0.133. The van der Waals surface area contributed by atoms with Crippen LogP contribution in [0.3, 0.4) is 0 Å². The minimum Gasteiger partial charge on any atom is -0.496 e. The highest BCUT2D eigenvalue weighted by atomic mass is 19.1. The fourth-order valence-corrected chi connectivity index (χ4v) is 7.05. The predicted molar refractivity (Wildman–Crippen MR) is 188 cm³/mol. The van der Waals surface area contributed by atoms with Crippen molar-refractivity contribution >= 4 is 40.2 Å². The number of pyridine rings is 1. The number of piperazine rings is 1. The lowest BCUT2D eigenvalue weighted by Crippen LogP contribution is -2.49. The van der Waals surface area contributed by atoms with Gasteiger partial charge in [-0.3, -0.25) is 29.7 Å². The van der Waals surface area contributed by atoms with Crippen LogP contribution >= 0.6 is 0 Å². The van der Waals surface area contributed by atoms with Gasteiger partial charge in [-0.15, -0.1) is 0 Å². The number of hydrogen-bond acceptors (Lipinski definition) is 10. The number of carbonyl (C=O) groups is 3. The molecule has 0 radical (unpaired) electrons. The van der Waals surface area contributed by atoms with E-state index in [-0.39, 0.29) is 29.6 Å². The zero-order chi connectivity index (χ0) is 35.6. The van der Waals surface area contributed by atoms with Crippen LogP contribution in [0.25, 0.3) is 22.0 Å². The van der Waals surface area contributed by atoms with Gasteiger partial charge in [-0.2, -0.15) is 5.10 Å². The minimum absolute atomic E-state index is 0.174. The van der Waals surface area contributed by atoms with E-state index < -0.39 is 11.9 Å². The molecule has 3 fully saturated rings. The number of amides is 3. The van der Waals surface area contributed by atoms with Gasteiger partial charge in [-0.1, -0.05) is 0 Å². The molecule has 5 heterocycles. The van der Waals surface area contributed by atoms with E-state index >= 15 is 4.39 Å². The fraction of sp³-hybridized carbons (Fsp3) is 0.417. The summed E-state index contributed by atoms with van der Waals surface area (Å²) in [7, 11) is 3.15. The molecule has 3 saturated heterocycles. The van der Waals surface area contributed by atoms with Gasteiger partial charge in [0.25, 0.3) is 5.56 Å². The summed E-state index contributed by atoms with van der Waals surface area (Å²) in [5.74, 6) is -0.549. The Morgan fingerprint density at radius 3 is 2.47 bits per heavy atom. The number of fused-ring (bicyclic) bond motifs is 1. The molecule has 268 valence electrons. The van der Waals surface area contributed by atoms with Gasteiger partial charge in [0.05, 0.1) is 13.3 Å². The van der Waals surface area contributed by atoms with E-state index in [0.717, 1.165) is 24.5 Å². The van der Waals surface area contributed by atoms with Crippen molar-refractivity contribution in [2.24, 2.45) is 7.05 Å². The van der Waals surface area contributed by atoms with Crippen LogP contribution in [0.5, 0.6) is 5.75 Å². The molecular formula is C36H41FN8O6. The number of methoxy groups -OCH3 is 1. The van der Waals surface area contributed by atoms with Crippen molar-refractivity contribution < 1.29 is 28.2 Å². The van der Waals surface area contributed by atoms with E-state index in [0.29, 0.717) is 91.7 Å². The number of imide groups is 1. The van der Waals surface area contributed by atoms with E-state index in [1.807, 2.05) is 24.3 Å². The van der Waals surface area contributed by atoms with Crippen molar-refractivity contribution in [3.05, 3.63) is 70.5 Å². The number of aromatic nitrogens is 3. The number of carbonyl (C=O) groups excluding carboxylic acids is 3. The molecule has 3 aliphatic rings. The van der Waals surface area contributed by atoms with Crippen LogP contribution in [0.2, 0.25) is 0 Å². The first kappa shape index (κ1) is 34.0. The number of benzene rings is 2. The highest BCUT2D eigenvalue weighted by Crippen LogP contribution is 2.34. The number of nitrogens with zero attached hydrogens (tertiary/aromatic N) is 5. The van der Waals surface area contributed by atoms with Gasteiger partial charge in [0.1, 0.15) is 29.2 Å². The standard InChI is InChI=1S/C36H41FN8O6/c1-42-20-27(26-19-38-41-33(26)35(42)48)22-17-29(37)28(31(18-22)50-2)21-43-13-15-45(16-14-43)36(49)51-25-9-11-44(12-10-25)24-5-3-23(4-6-24)39-30-7-8-32(46)40-34(30)47/h3-6,17-20,25,30,39H,7-16,21H2,1-2H3,(H,38,41)(H,40,46,47). The summed E-state index contributed by atoms with van der Waals surface area (Å²) in [5.41, 5.74) is 3.67. The highest BCUT2D eigenvalue weighted by Gasteiger charge is 2.29. The van der Waals surface area contributed by atoms with Crippen molar-refractivity contribution in [3.63, 3.8) is 0 Å². The molecule has 14 nitrogen and oxygen atoms in total. The van der Waals surface area contributed by atoms with E-state index in [9.17, 15) is 19.2 Å². The molecule has 7 rings (SSSR count). The molecule has 15 heteroatoms. The number of halogens is 1. The van der Waals surface area contributed by atoms with Crippen molar-refractivity contribution in [1.82, 2.24) is 29.9 Å². The summed E-state index contributed by atoms with van der Waals surface area (Å²) in [6.07, 6.45) is 4.94. The number of rotatable bonds is 8. The molecule has 2 aromatic heterocycles. The fourth-order valence-electron chi connectivity index (χ4n) is 7.05. The smallest absolute Gasteiger partial charge is 0.410 e. The van der Waals surface area contributed by atoms with Gasteiger partial charge in [0.15, 0.2) is 0 Å². The Labute approximate surface area is 293 Å². The Hall–Kier alpha value is -5.44. The lowest BCUT2D eigenvalue weighted by atomic mass is 10.0. The first-order valence-corrected chi connectivity index (χ1v) is 17.2. The number of aryl methyl sites for hydroxylation is 1. The van der Waals surface area contributed by atoms with Crippen LogP contribution < -0.4 is 25.8 Å². The van der Waals surface area contributed by atoms with E-state index in [1.165, 1.54) is 17.7 Å². The molecule has 51 heavy (non-hydrogen) atoms. The normalized spacial score (nSPS) is 18.9. The van der Waals surface area contributed by atoms with Gasteiger partial charge >= 0.3 is 6.09 Å². The average Bonchev–Trinajstić information content (AvgIpc) is 3.63. The van der Waals surface area contributed by atoms with Gasteiger partial charge in [0, 0.05) is 106 Å². The molecule has 0 saturated carbocycles. The minimum atomic E-state index is -0.429. The maximum absolute atomic E-state index is 15.7. The third-order valence-electron chi connectivity index (χ3n) is 10.0. The Kier molecular flexibility index (Phi) is 9.62.